The van der Waals surface area contributed by atoms with Crippen molar-refractivity contribution in [3.63, 3.8) is 0 Å². The molecule has 1 aliphatic rings. The van der Waals surface area contributed by atoms with Crippen molar-refractivity contribution in [2.45, 2.75) is 19.5 Å². The predicted octanol–water partition coefficient (Wildman–Crippen LogP) is 4.94. The minimum absolute atomic E-state index is 0.0422. The van der Waals surface area contributed by atoms with E-state index in [1.807, 2.05) is 19.1 Å². The van der Waals surface area contributed by atoms with Crippen molar-refractivity contribution in [2.24, 2.45) is 0 Å². The average Bonchev–Trinajstić information content (AvgIpc) is 2.95. The zero-order valence-electron chi connectivity index (χ0n) is 15.8. The number of aryl methyl sites for hydroxylation is 1. The minimum atomic E-state index is -4.52. The minimum Gasteiger partial charge on any atom is -0.325 e. The van der Waals surface area contributed by atoms with Crippen LogP contribution in [0.4, 0.5) is 23.7 Å². The predicted molar refractivity (Wildman–Crippen MR) is 109 cm³/mol. The number of alkyl halides is 3. The smallest absolute Gasteiger partial charge is 0.325 e. The molecule has 0 radical (unpaired) electrons. The van der Waals surface area contributed by atoms with Gasteiger partial charge in [0.1, 0.15) is 6.54 Å². The van der Waals surface area contributed by atoms with Crippen molar-refractivity contribution in [2.75, 3.05) is 11.9 Å². The lowest BCUT2D eigenvalue weighted by Gasteiger charge is -2.12. The standard InChI is InChI=1S/C21H17F3N2O3S/c1-2-13-6-8-16(9-7-13)25-18(27)12-26-19(28)17(30-20(26)29)11-14-4-3-5-15(10-14)21(22,23)24/h3-11H,2,12H2,1H3,(H,25,27)/b17-11-. The normalized spacial score (nSPS) is 15.7. The Bertz CT molecular complexity index is 1020. The van der Waals surface area contributed by atoms with E-state index in [0.717, 1.165) is 29.0 Å². The van der Waals surface area contributed by atoms with Crippen LogP contribution in [0.25, 0.3) is 6.08 Å². The molecule has 30 heavy (non-hydrogen) atoms. The van der Waals surface area contributed by atoms with Crippen LogP contribution in [0, 0.1) is 0 Å². The summed E-state index contributed by atoms with van der Waals surface area (Å²) in [7, 11) is 0. The Labute approximate surface area is 174 Å². The Hall–Kier alpha value is -3.07. The molecular weight excluding hydrogens is 417 g/mol. The second-order valence-electron chi connectivity index (χ2n) is 6.49. The highest BCUT2D eigenvalue weighted by Crippen LogP contribution is 2.34. The van der Waals surface area contributed by atoms with Gasteiger partial charge in [0.05, 0.1) is 10.5 Å². The number of nitrogens with zero attached hydrogens (tertiary/aromatic N) is 1. The van der Waals surface area contributed by atoms with Crippen LogP contribution >= 0.6 is 11.8 Å². The summed E-state index contributed by atoms with van der Waals surface area (Å²) in [5, 5.41) is 1.95. The van der Waals surface area contributed by atoms with Crippen molar-refractivity contribution >= 4 is 40.6 Å². The van der Waals surface area contributed by atoms with Crippen molar-refractivity contribution in [3.8, 4) is 0 Å². The summed E-state index contributed by atoms with van der Waals surface area (Å²) >= 11 is 0.580. The zero-order chi connectivity index (χ0) is 21.9. The Morgan fingerprint density at radius 3 is 2.47 bits per heavy atom. The second-order valence-corrected chi connectivity index (χ2v) is 7.48. The number of benzene rings is 2. The van der Waals surface area contributed by atoms with Gasteiger partial charge < -0.3 is 5.32 Å². The van der Waals surface area contributed by atoms with E-state index in [4.69, 9.17) is 0 Å². The summed E-state index contributed by atoms with van der Waals surface area (Å²) in [4.78, 5) is 37.6. The van der Waals surface area contributed by atoms with E-state index >= 15 is 0 Å². The Morgan fingerprint density at radius 2 is 1.83 bits per heavy atom. The molecule has 2 aromatic rings. The van der Waals surface area contributed by atoms with Gasteiger partial charge in [-0.2, -0.15) is 13.2 Å². The number of amides is 3. The van der Waals surface area contributed by atoms with Crippen LogP contribution in [0.2, 0.25) is 0 Å². The number of nitrogens with one attached hydrogen (secondary N) is 1. The molecule has 0 bridgehead atoms. The zero-order valence-corrected chi connectivity index (χ0v) is 16.6. The fraction of sp³-hybridized carbons (Fsp3) is 0.190. The molecule has 0 aliphatic carbocycles. The fourth-order valence-electron chi connectivity index (χ4n) is 2.76. The molecule has 156 valence electrons. The molecule has 0 aromatic heterocycles. The monoisotopic (exact) mass is 434 g/mol. The summed E-state index contributed by atoms with van der Waals surface area (Å²) in [6.07, 6.45) is -2.46. The Kier molecular flexibility index (Phi) is 6.31. The maximum atomic E-state index is 12.8. The van der Waals surface area contributed by atoms with Crippen molar-refractivity contribution in [3.05, 3.63) is 70.1 Å². The number of thioether (sulfide) groups is 1. The third-order valence-electron chi connectivity index (χ3n) is 4.33. The van der Waals surface area contributed by atoms with Gasteiger partial charge in [0.25, 0.3) is 11.1 Å². The number of carbonyl (C=O) groups excluding carboxylic acids is 3. The maximum Gasteiger partial charge on any atom is 0.416 e. The molecule has 3 rings (SSSR count). The number of anilines is 1. The lowest BCUT2D eigenvalue weighted by Crippen LogP contribution is -2.36. The third kappa shape index (κ3) is 5.10. The van der Waals surface area contributed by atoms with Gasteiger partial charge in [-0.1, -0.05) is 31.2 Å². The molecule has 0 atom stereocenters. The van der Waals surface area contributed by atoms with Gasteiger partial charge in [0, 0.05) is 5.69 Å². The number of hydrogen-bond acceptors (Lipinski definition) is 4. The van der Waals surface area contributed by atoms with E-state index in [1.165, 1.54) is 18.2 Å². The first-order valence-electron chi connectivity index (χ1n) is 8.99. The lowest BCUT2D eigenvalue weighted by atomic mass is 10.1. The summed E-state index contributed by atoms with van der Waals surface area (Å²) in [6.45, 7) is 1.51. The van der Waals surface area contributed by atoms with Crippen LogP contribution in [0.1, 0.15) is 23.6 Å². The molecule has 1 N–H and O–H groups in total. The van der Waals surface area contributed by atoms with Gasteiger partial charge in [-0.15, -0.1) is 0 Å². The quantitative estimate of drug-likeness (QED) is 0.677. The topological polar surface area (TPSA) is 66.5 Å². The third-order valence-corrected chi connectivity index (χ3v) is 5.24. The number of carbonyl (C=O) groups is 3. The molecule has 2 aromatic carbocycles. The van der Waals surface area contributed by atoms with Gasteiger partial charge in [-0.3, -0.25) is 19.3 Å². The van der Waals surface area contributed by atoms with Crippen molar-refractivity contribution < 1.29 is 27.6 Å². The first kappa shape index (κ1) is 21.6. The van der Waals surface area contributed by atoms with E-state index in [9.17, 15) is 27.6 Å². The molecular formula is C21H17F3N2O3S. The summed E-state index contributed by atoms with van der Waals surface area (Å²) in [5.41, 5.74) is 0.905. The van der Waals surface area contributed by atoms with Gasteiger partial charge in [-0.25, -0.2) is 0 Å². The highest BCUT2D eigenvalue weighted by Gasteiger charge is 2.36. The van der Waals surface area contributed by atoms with Gasteiger partial charge in [0.2, 0.25) is 5.91 Å². The number of imide groups is 1. The number of rotatable bonds is 5. The molecule has 3 amide bonds. The van der Waals surface area contributed by atoms with Crippen LogP contribution in [0.3, 0.4) is 0 Å². The maximum absolute atomic E-state index is 12.8. The molecule has 0 saturated carbocycles. The number of hydrogen-bond donors (Lipinski definition) is 1. The molecule has 9 heteroatoms. The average molecular weight is 434 g/mol. The SMILES string of the molecule is CCc1ccc(NC(=O)CN2C(=O)S/C(=C\c3cccc(C(F)(F)F)c3)C2=O)cc1. The van der Waals surface area contributed by atoms with E-state index in [2.05, 4.69) is 5.32 Å². The van der Waals surface area contributed by atoms with Crippen molar-refractivity contribution in [1.82, 2.24) is 4.90 Å². The first-order valence-corrected chi connectivity index (χ1v) is 9.80. The van der Waals surface area contributed by atoms with E-state index in [0.29, 0.717) is 17.4 Å². The highest BCUT2D eigenvalue weighted by atomic mass is 32.2. The molecule has 1 heterocycles. The second kappa shape index (κ2) is 8.74. The van der Waals surface area contributed by atoms with Crippen molar-refractivity contribution in [1.29, 1.82) is 0 Å². The van der Waals surface area contributed by atoms with Crippen LogP contribution in [-0.4, -0.2) is 28.5 Å². The fourth-order valence-corrected chi connectivity index (χ4v) is 3.60. The summed E-state index contributed by atoms with van der Waals surface area (Å²) in [5.74, 6) is -1.28. The van der Waals surface area contributed by atoms with Crippen LogP contribution in [0.5, 0.6) is 0 Å². The largest absolute Gasteiger partial charge is 0.416 e. The van der Waals surface area contributed by atoms with Gasteiger partial charge >= 0.3 is 6.18 Å². The lowest BCUT2D eigenvalue weighted by molar-refractivity contribution is -0.137. The van der Waals surface area contributed by atoms with Gasteiger partial charge in [0.15, 0.2) is 0 Å². The molecule has 5 nitrogen and oxygen atoms in total. The molecule has 1 fully saturated rings. The van der Waals surface area contributed by atoms with Crippen LogP contribution in [-0.2, 0) is 22.2 Å². The number of halogens is 3. The Morgan fingerprint density at radius 1 is 1.13 bits per heavy atom. The highest BCUT2D eigenvalue weighted by molar-refractivity contribution is 8.18. The Balaban J connectivity index is 1.69. The van der Waals surface area contributed by atoms with E-state index < -0.39 is 35.3 Å². The van der Waals surface area contributed by atoms with Crippen LogP contribution in [0.15, 0.2) is 53.4 Å². The first-order chi connectivity index (χ1) is 14.2. The molecule has 1 aliphatic heterocycles. The van der Waals surface area contributed by atoms with Crippen LogP contribution < -0.4 is 5.32 Å². The van der Waals surface area contributed by atoms with E-state index in [-0.39, 0.29) is 10.5 Å². The van der Waals surface area contributed by atoms with Gasteiger partial charge in [-0.05, 0) is 59.7 Å². The molecule has 0 unspecified atom stereocenters. The summed E-state index contributed by atoms with van der Waals surface area (Å²) in [6, 6.07) is 11.6. The molecule has 0 spiro atoms. The summed E-state index contributed by atoms with van der Waals surface area (Å²) < 4.78 is 38.5. The van der Waals surface area contributed by atoms with E-state index in [1.54, 1.807) is 12.1 Å². The molecule has 1 saturated heterocycles.